The quantitative estimate of drug-likeness (QED) is 0.692. The van der Waals surface area contributed by atoms with Crippen molar-refractivity contribution in [2.75, 3.05) is 13.2 Å². The summed E-state index contributed by atoms with van der Waals surface area (Å²) in [5.41, 5.74) is 1.09. The number of hydrogen-bond donors (Lipinski definition) is 1. The van der Waals surface area contributed by atoms with Gasteiger partial charge >= 0.3 is 0 Å². The normalized spacial score (nSPS) is 15.1. The molecular formula is C11H14N2O. The molecule has 3 nitrogen and oxygen atoms in total. The number of nitrogens with zero attached hydrogens (tertiary/aromatic N) is 1. The van der Waals surface area contributed by atoms with Gasteiger partial charge in [-0.3, -0.25) is 5.10 Å². The Hall–Kier alpha value is -1.35. The SMILES string of the molecule is C1CCOC1.c1ccc2[nH]ncc2c1. The van der Waals surface area contributed by atoms with Crippen LogP contribution in [0.3, 0.4) is 0 Å². The van der Waals surface area contributed by atoms with E-state index in [9.17, 15) is 0 Å². The van der Waals surface area contributed by atoms with Crippen LogP contribution in [0.4, 0.5) is 0 Å². The zero-order valence-corrected chi connectivity index (χ0v) is 8.07. The van der Waals surface area contributed by atoms with Gasteiger partial charge in [-0.25, -0.2) is 0 Å². The minimum Gasteiger partial charge on any atom is -0.381 e. The Morgan fingerprint density at radius 2 is 1.93 bits per heavy atom. The zero-order chi connectivity index (χ0) is 9.64. The summed E-state index contributed by atoms with van der Waals surface area (Å²) in [7, 11) is 0. The van der Waals surface area contributed by atoms with Crippen LogP contribution in [0.25, 0.3) is 10.9 Å². The highest BCUT2D eigenvalue weighted by Gasteiger charge is 1.94. The van der Waals surface area contributed by atoms with Gasteiger partial charge in [0.2, 0.25) is 0 Å². The average Bonchev–Trinajstić information content (AvgIpc) is 2.92. The summed E-state index contributed by atoms with van der Waals surface area (Å²) in [6, 6.07) is 8.01. The Labute approximate surface area is 83.1 Å². The molecule has 2 aromatic rings. The summed E-state index contributed by atoms with van der Waals surface area (Å²) in [4.78, 5) is 0. The van der Waals surface area contributed by atoms with E-state index < -0.39 is 0 Å². The van der Waals surface area contributed by atoms with Crippen LogP contribution in [-0.2, 0) is 4.74 Å². The molecule has 1 saturated heterocycles. The van der Waals surface area contributed by atoms with E-state index in [2.05, 4.69) is 10.2 Å². The summed E-state index contributed by atoms with van der Waals surface area (Å²) in [5.74, 6) is 0. The molecule has 74 valence electrons. The first kappa shape index (κ1) is 9.21. The molecule has 0 atom stereocenters. The van der Waals surface area contributed by atoms with Crippen molar-refractivity contribution in [3.05, 3.63) is 30.5 Å². The largest absolute Gasteiger partial charge is 0.381 e. The highest BCUT2D eigenvalue weighted by atomic mass is 16.5. The number of aromatic nitrogens is 2. The van der Waals surface area contributed by atoms with Crippen LogP contribution in [0.1, 0.15) is 12.8 Å². The van der Waals surface area contributed by atoms with Gasteiger partial charge in [-0.05, 0) is 18.9 Å². The van der Waals surface area contributed by atoms with Crippen LogP contribution in [0, 0.1) is 0 Å². The summed E-state index contributed by atoms with van der Waals surface area (Å²) in [6.45, 7) is 2.00. The lowest BCUT2D eigenvalue weighted by Crippen LogP contribution is -1.74. The standard InChI is InChI=1S/C7H6N2.C4H8O/c1-2-4-7-6(3-1)5-8-9-7;1-2-4-5-3-1/h1-5H,(H,8,9);1-4H2. The number of nitrogens with one attached hydrogen (secondary N) is 1. The maximum atomic E-state index is 4.94. The van der Waals surface area contributed by atoms with Gasteiger partial charge in [0.15, 0.2) is 0 Å². The van der Waals surface area contributed by atoms with Crippen molar-refractivity contribution in [3.63, 3.8) is 0 Å². The molecule has 3 heteroatoms. The highest BCUT2D eigenvalue weighted by Crippen LogP contribution is 2.06. The lowest BCUT2D eigenvalue weighted by atomic mass is 10.3. The topological polar surface area (TPSA) is 37.9 Å². The third-order valence-electron chi connectivity index (χ3n) is 2.18. The maximum absolute atomic E-state index is 4.94. The van der Waals surface area contributed by atoms with E-state index in [0.717, 1.165) is 24.1 Å². The molecule has 0 saturated carbocycles. The van der Waals surface area contributed by atoms with Gasteiger partial charge in [0.1, 0.15) is 0 Å². The second kappa shape index (κ2) is 4.77. The third-order valence-corrected chi connectivity index (χ3v) is 2.18. The number of ether oxygens (including phenoxy) is 1. The third kappa shape index (κ3) is 2.33. The molecular weight excluding hydrogens is 176 g/mol. The van der Waals surface area contributed by atoms with Gasteiger partial charge in [0.05, 0.1) is 11.7 Å². The minimum absolute atomic E-state index is 1.00. The molecule has 0 amide bonds. The van der Waals surface area contributed by atoms with Gasteiger partial charge in [-0.1, -0.05) is 18.2 Å². The zero-order valence-electron chi connectivity index (χ0n) is 8.07. The summed E-state index contributed by atoms with van der Waals surface area (Å²) in [5, 5.41) is 7.91. The highest BCUT2D eigenvalue weighted by molar-refractivity contribution is 5.77. The smallest absolute Gasteiger partial charge is 0.0650 e. The van der Waals surface area contributed by atoms with Gasteiger partial charge in [-0.15, -0.1) is 0 Å². The second-order valence-corrected chi connectivity index (χ2v) is 3.28. The number of hydrogen-bond acceptors (Lipinski definition) is 2. The van der Waals surface area contributed by atoms with Gasteiger partial charge in [0.25, 0.3) is 0 Å². The lowest BCUT2D eigenvalue weighted by molar-refractivity contribution is 0.198. The molecule has 1 aliphatic heterocycles. The van der Waals surface area contributed by atoms with Gasteiger partial charge in [0, 0.05) is 18.6 Å². The fraction of sp³-hybridized carbons (Fsp3) is 0.364. The van der Waals surface area contributed by atoms with Crippen LogP contribution in [0.5, 0.6) is 0 Å². The summed E-state index contributed by atoms with van der Waals surface area (Å²) in [6.07, 6.45) is 4.37. The van der Waals surface area contributed by atoms with Crippen molar-refractivity contribution in [3.8, 4) is 0 Å². The fourth-order valence-electron chi connectivity index (χ4n) is 1.39. The molecule has 0 radical (unpaired) electrons. The average molecular weight is 190 g/mol. The molecule has 0 spiro atoms. The number of fused-ring (bicyclic) bond motifs is 1. The molecule has 1 aromatic carbocycles. The lowest BCUT2D eigenvalue weighted by Gasteiger charge is -1.81. The number of aromatic amines is 1. The number of H-pyrrole nitrogens is 1. The molecule has 3 rings (SSSR count). The summed E-state index contributed by atoms with van der Waals surface area (Å²) >= 11 is 0. The molecule has 1 aliphatic rings. The fourth-order valence-corrected chi connectivity index (χ4v) is 1.39. The Morgan fingerprint density at radius 3 is 2.57 bits per heavy atom. The van der Waals surface area contributed by atoms with Crippen molar-refractivity contribution in [1.29, 1.82) is 0 Å². The van der Waals surface area contributed by atoms with E-state index in [-0.39, 0.29) is 0 Å². The molecule has 1 N–H and O–H groups in total. The molecule has 0 aliphatic carbocycles. The Kier molecular flexibility index (Phi) is 3.14. The van der Waals surface area contributed by atoms with Crippen molar-refractivity contribution in [2.24, 2.45) is 0 Å². The second-order valence-electron chi connectivity index (χ2n) is 3.28. The Morgan fingerprint density at radius 1 is 1.14 bits per heavy atom. The van der Waals surface area contributed by atoms with E-state index in [1.165, 1.54) is 12.8 Å². The number of benzene rings is 1. The molecule has 2 heterocycles. The number of para-hydroxylation sites is 1. The van der Waals surface area contributed by atoms with Gasteiger partial charge in [-0.2, -0.15) is 5.10 Å². The van der Waals surface area contributed by atoms with Crippen LogP contribution in [0.15, 0.2) is 30.5 Å². The van der Waals surface area contributed by atoms with Gasteiger partial charge < -0.3 is 4.74 Å². The maximum Gasteiger partial charge on any atom is 0.0650 e. The first-order valence-electron chi connectivity index (χ1n) is 4.93. The minimum atomic E-state index is 1.00. The molecule has 1 aromatic heterocycles. The van der Waals surface area contributed by atoms with Crippen LogP contribution < -0.4 is 0 Å². The van der Waals surface area contributed by atoms with E-state index in [1.807, 2.05) is 30.5 Å². The Bertz CT molecular complexity index is 342. The van der Waals surface area contributed by atoms with Crippen molar-refractivity contribution >= 4 is 10.9 Å². The first-order chi connectivity index (χ1) is 6.97. The monoisotopic (exact) mass is 190 g/mol. The predicted octanol–water partition coefficient (Wildman–Crippen LogP) is 2.36. The van der Waals surface area contributed by atoms with Crippen LogP contribution >= 0.6 is 0 Å². The van der Waals surface area contributed by atoms with E-state index in [4.69, 9.17) is 4.74 Å². The van der Waals surface area contributed by atoms with Crippen molar-refractivity contribution < 1.29 is 4.74 Å². The molecule has 0 unspecified atom stereocenters. The van der Waals surface area contributed by atoms with Crippen LogP contribution in [-0.4, -0.2) is 23.4 Å². The van der Waals surface area contributed by atoms with Crippen LogP contribution in [0.2, 0.25) is 0 Å². The predicted molar refractivity (Wildman–Crippen MR) is 56.1 cm³/mol. The van der Waals surface area contributed by atoms with Crippen molar-refractivity contribution in [1.82, 2.24) is 10.2 Å². The first-order valence-corrected chi connectivity index (χ1v) is 4.93. The molecule has 14 heavy (non-hydrogen) atoms. The Balaban J connectivity index is 0.000000128. The van der Waals surface area contributed by atoms with Crippen molar-refractivity contribution in [2.45, 2.75) is 12.8 Å². The molecule has 1 fully saturated rings. The van der Waals surface area contributed by atoms with E-state index in [0.29, 0.717) is 0 Å². The van der Waals surface area contributed by atoms with E-state index >= 15 is 0 Å². The summed E-state index contributed by atoms with van der Waals surface area (Å²) < 4.78 is 4.94. The van der Waals surface area contributed by atoms with E-state index in [1.54, 1.807) is 0 Å². The number of rotatable bonds is 0. The molecule has 0 bridgehead atoms.